The van der Waals surface area contributed by atoms with Gasteiger partial charge in [0.1, 0.15) is 12.1 Å². The first-order valence-electron chi connectivity index (χ1n) is 8.55. The van der Waals surface area contributed by atoms with E-state index in [1.165, 1.54) is 10.8 Å². The predicted octanol–water partition coefficient (Wildman–Crippen LogP) is 5.11. The molecule has 0 aliphatic heterocycles. The maximum absolute atomic E-state index is 4.48. The van der Waals surface area contributed by atoms with Gasteiger partial charge in [-0.15, -0.1) is 0 Å². The third-order valence-electron chi connectivity index (χ3n) is 4.39. The lowest BCUT2D eigenvalue weighted by molar-refractivity contribution is 1.13. The Balaban J connectivity index is 1.66. The monoisotopic (exact) mass is 340 g/mol. The smallest absolute Gasteiger partial charge is 0.134 e. The van der Waals surface area contributed by atoms with Crippen molar-refractivity contribution in [2.75, 3.05) is 24.3 Å². The van der Waals surface area contributed by atoms with Crippen LogP contribution in [0.15, 0.2) is 79.1 Å². The summed E-state index contributed by atoms with van der Waals surface area (Å²) in [6.07, 6.45) is 1.60. The molecule has 0 aliphatic rings. The van der Waals surface area contributed by atoms with Crippen molar-refractivity contribution in [2.24, 2.45) is 0 Å². The van der Waals surface area contributed by atoms with E-state index in [2.05, 4.69) is 86.9 Å². The maximum Gasteiger partial charge on any atom is 0.134 e. The molecule has 4 heteroatoms. The van der Waals surface area contributed by atoms with E-state index in [9.17, 15) is 0 Å². The van der Waals surface area contributed by atoms with Gasteiger partial charge in [-0.2, -0.15) is 0 Å². The highest BCUT2D eigenvalue weighted by atomic mass is 15.1. The Morgan fingerprint density at radius 2 is 1.58 bits per heavy atom. The molecule has 0 saturated heterocycles. The fourth-order valence-corrected chi connectivity index (χ4v) is 3.01. The highest BCUT2D eigenvalue weighted by molar-refractivity contribution is 5.96. The van der Waals surface area contributed by atoms with Crippen molar-refractivity contribution < 1.29 is 0 Å². The van der Waals surface area contributed by atoms with Gasteiger partial charge in [-0.05, 0) is 35.0 Å². The summed E-state index contributed by atoms with van der Waals surface area (Å²) in [7, 11) is 4.06. The van der Waals surface area contributed by atoms with Crippen molar-refractivity contribution in [1.82, 2.24) is 9.97 Å². The first-order valence-corrected chi connectivity index (χ1v) is 8.55. The summed E-state index contributed by atoms with van der Waals surface area (Å²) in [5, 5.41) is 5.75. The second-order valence-corrected chi connectivity index (χ2v) is 6.38. The molecule has 0 atom stereocenters. The number of hydrogen-bond acceptors (Lipinski definition) is 4. The number of nitrogens with zero attached hydrogens (tertiary/aromatic N) is 3. The van der Waals surface area contributed by atoms with Crippen LogP contribution in [0, 0.1) is 0 Å². The third kappa shape index (κ3) is 3.22. The number of anilines is 3. The fraction of sp³-hybridized carbons (Fsp3) is 0.0909. The molecule has 0 saturated carbocycles. The molecule has 1 aromatic heterocycles. The maximum atomic E-state index is 4.48. The van der Waals surface area contributed by atoms with E-state index in [1.807, 2.05) is 20.2 Å². The zero-order chi connectivity index (χ0) is 17.9. The minimum Gasteiger partial charge on any atom is -0.378 e. The van der Waals surface area contributed by atoms with E-state index in [1.54, 1.807) is 6.33 Å². The molecule has 4 rings (SSSR count). The number of hydrogen-bond donors (Lipinski definition) is 1. The summed E-state index contributed by atoms with van der Waals surface area (Å²) in [4.78, 5) is 10.9. The van der Waals surface area contributed by atoms with Crippen molar-refractivity contribution in [3.05, 3.63) is 79.1 Å². The van der Waals surface area contributed by atoms with Gasteiger partial charge < -0.3 is 10.2 Å². The number of rotatable bonds is 4. The van der Waals surface area contributed by atoms with Gasteiger partial charge in [0.15, 0.2) is 0 Å². The predicted molar refractivity (Wildman–Crippen MR) is 109 cm³/mol. The molecule has 4 aromatic rings. The Bertz CT molecular complexity index is 1030. The molecule has 26 heavy (non-hydrogen) atoms. The van der Waals surface area contributed by atoms with E-state index in [0.29, 0.717) is 0 Å². The molecular formula is C22H20N4. The summed E-state index contributed by atoms with van der Waals surface area (Å²) < 4.78 is 0. The molecule has 1 N–H and O–H groups in total. The fourth-order valence-electron chi connectivity index (χ4n) is 3.01. The summed E-state index contributed by atoms with van der Waals surface area (Å²) in [5.74, 6) is 0.778. The zero-order valence-electron chi connectivity index (χ0n) is 14.8. The van der Waals surface area contributed by atoms with Gasteiger partial charge in [0.05, 0.1) is 5.69 Å². The van der Waals surface area contributed by atoms with E-state index < -0.39 is 0 Å². The topological polar surface area (TPSA) is 41.0 Å². The molecule has 0 bridgehead atoms. The van der Waals surface area contributed by atoms with Gasteiger partial charge in [-0.3, -0.25) is 0 Å². The third-order valence-corrected chi connectivity index (χ3v) is 4.39. The van der Waals surface area contributed by atoms with Crippen LogP contribution in [-0.2, 0) is 0 Å². The van der Waals surface area contributed by atoms with E-state index >= 15 is 0 Å². The molecule has 4 nitrogen and oxygen atoms in total. The van der Waals surface area contributed by atoms with Crippen molar-refractivity contribution in [2.45, 2.75) is 0 Å². The zero-order valence-corrected chi connectivity index (χ0v) is 14.8. The average molecular weight is 340 g/mol. The Hall–Kier alpha value is -3.40. The van der Waals surface area contributed by atoms with Crippen LogP contribution in [0.5, 0.6) is 0 Å². The first kappa shape index (κ1) is 16.1. The van der Waals surface area contributed by atoms with Crippen LogP contribution >= 0.6 is 0 Å². The number of nitrogens with one attached hydrogen (secondary N) is 1. The van der Waals surface area contributed by atoms with Crippen LogP contribution in [0.25, 0.3) is 22.0 Å². The van der Waals surface area contributed by atoms with Gasteiger partial charge >= 0.3 is 0 Å². The minimum absolute atomic E-state index is 0.778. The highest BCUT2D eigenvalue weighted by Gasteiger charge is 2.06. The molecule has 0 spiro atoms. The van der Waals surface area contributed by atoms with Crippen LogP contribution in [0.1, 0.15) is 0 Å². The van der Waals surface area contributed by atoms with Gasteiger partial charge in [0, 0.05) is 37.1 Å². The normalized spacial score (nSPS) is 10.7. The molecule has 0 unspecified atom stereocenters. The number of aromatic nitrogens is 2. The van der Waals surface area contributed by atoms with E-state index in [-0.39, 0.29) is 0 Å². The second kappa shape index (κ2) is 6.84. The van der Waals surface area contributed by atoms with Crippen LogP contribution in [-0.4, -0.2) is 24.1 Å². The first-order chi connectivity index (χ1) is 12.7. The average Bonchev–Trinajstić information content (AvgIpc) is 2.68. The van der Waals surface area contributed by atoms with Gasteiger partial charge in [0.2, 0.25) is 0 Å². The van der Waals surface area contributed by atoms with Crippen molar-refractivity contribution in [3.63, 3.8) is 0 Å². The molecule has 128 valence electrons. The van der Waals surface area contributed by atoms with Gasteiger partial charge in [-0.1, -0.05) is 42.5 Å². The highest BCUT2D eigenvalue weighted by Crippen LogP contribution is 2.28. The molecule has 0 amide bonds. The van der Waals surface area contributed by atoms with Crippen LogP contribution < -0.4 is 10.2 Å². The summed E-state index contributed by atoms with van der Waals surface area (Å²) in [6, 6.07) is 24.9. The van der Waals surface area contributed by atoms with Crippen molar-refractivity contribution in [3.8, 4) is 11.3 Å². The Labute approximate surface area is 153 Å². The Morgan fingerprint density at radius 1 is 0.808 bits per heavy atom. The molecule has 1 heterocycles. The molecule has 0 radical (unpaired) electrons. The van der Waals surface area contributed by atoms with Crippen LogP contribution in [0.2, 0.25) is 0 Å². The largest absolute Gasteiger partial charge is 0.378 e. The van der Waals surface area contributed by atoms with Gasteiger partial charge in [-0.25, -0.2) is 9.97 Å². The summed E-state index contributed by atoms with van der Waals surface area (Å²) in [6.45, 7) is 0. The molecule has 3 aromatic carbocycles. The molecule has 0 aliphatic carbocycles. The lowest BCUT2D eigenvalue weighted by Gasteiger charge is -2.13. The lowest BCUT2D eigenvalue weighted by Crippen LogP contribution is -2.08. The summed E-state index contributed by atoms with van der Waals surface area (Å²) in [5.41, 5.74) is 4.17. The molecular weight excluding hydrogens is 320 g/mol. The Kier molecular flexibility index (Phi) is 4.23. The lowest BCUT2D eigenvalue weighted by atomic mass is 10.0. The second-order valence-electron chi connectivity index (χ2n) is 6.38. The number of benzene rings is 3. The summed E-state index contributed by atoms with van der Waals surface area (Å²) >= 11 is 0. The van der Waals surface area contributed by atoms with E-state index in [4.69, 9.17) is 0 Å². The standard InChI is InChI=1S/C22H20N4/c1-26(2)18-12-10-17(11-13-18)25-22-14-21(23-15-24-22)20-9-5-7-16-6-3-4-8-19(16)20/h3-15H,1-2H3,(H,23,24,25). The minimum atomic E-state index is 0.778. The quantitative estimate of drug-likeness (QED) is 0.561. The number of fused-ring (bicyclic) bond motifs is 1. The van der Waals surface area contributed by atoms with Crippen LogP contribution in [0.3, 0.4) is 0 Å². The van der Waals surface area contributed by atoms with Crippen LogP contribution in [0.4, 0.5) is 17.2 Å². The molecule has 0 fully saturated rings. The van der Waals surface area contributed by atoms with E-state index in [0.717, 1.165) is 28.5 Å². The SMILES string of the molecule is CN(C)c1ccc(Nc2cc(-c3cccc4ccccc34)ncn2)cc1. The Morgan fingerprint density at radius 3 is 2.38 bits per heavy atom. The van der Waals surface area contributed by atoms with Crippen molar-refractivity contribution in [1.29, 1.82) is 0 Å². The van der Waals surface area contributed by atoms with Gasteiger partial charge in [0.25, 0.3) is 0 Å². The van der Waals surface area contributed by atoms with Crippen molar-refractivity contribution >= 4 is 28.0 Å².